The molecule has 2 heterocycles. The normalized spacial score (nSPS) is 27.7. The Morgan fingerprint density at radius 2 is 1.86 bits per heavy atom. The molecule has 5 nitrogen and oxygen atoms in total. The minimum Gasteiger partial charge on any atom is -0.453 e. The van der Waals surface area contributed by atoms with E-state index in [9.17, 15) is 0 Å². The fourth-order valence-electron chi connectivity index (χ4n) is 2.22. The van der Waals surface area contributed by atoms with E-state index in [-0.39, 0.29) is 28.8 Å². The molecule has 0 unspecified atom stereocenters. The summed E-state index contributed by atoms with van der Waals surface area (Å²) in [7, 11) is 0. The average molecular weight is 326 g/mol. The summed E-state index contributed by atoms with van der Waals surface area (Å²) in [5.41, 5.74) is 1.09. The second-order valence-corrected chi connectivity index (χ2v) is 5.37. The van der Waals surface area contributed by atoms with E-state index in [1.807, 2.05) is 30.3 Å². The van der Waals surface area contributed by atoms with Gasteiger partial charge in [0.2, 0.25) is 0 Å². The number of hydrogen-bond donors (Lipinski definition) is 0. The van der Waals surface area contributed by atoms with Gasteiger partial charge >= 0.3 is 10.5 Å². The van der Waals surface area contributed by atoms with Gasteiger partial charge in [0.1, 0.15) is 6.61 Å². The number of rotatable bonds is 5. The number of thiocarbonyl (C=S) groups is 2. The van der Waals surface area contributed by atoms with Crippen LogP contribution in [-0.2, 0) is 30.3 Å². The van der Waals surface area contributed by atoms with Crippen molar-refractivity contribution >= 4 is 34.9 Å². The predicted octanol–water partition coefficient (Wildman–Crippen LogP) is 1.97. The van der Waals surface area contributed by atoms with E-state index in [2.05, 4.69) is 0 Å². The molecule has 7 heteroatoms. The van der Waals surface area contributed by atoms with Gasteiger partial charge in [-0.05, 0) is 5.56 Å². The Balaban J connectivity index is 1.53. The monoisotopic (exact) mass is 326 g/mol. The van der Waals surface area contributed by atoms with Crippen molar-refractivity contribution in [3.8, 4) is 0 Å². The maximum atomic E-state index is 5.67. The van der Waals surface area contributed by atoms with E-state index in [1.165, 1.54) is 0 Å². The van der Waals surface area contributed by atoms with Crippen LogP contribution >= 0.6 is 24.4 Å². The van der Waals surface area contributed by atoms with E-state index in [0.717, 1.165) is 5.56 Å². The van der Waals surface area contributed by atoms with Crippen molar-refractivity contribution in [3.63, 3.8) is 0 Å². The SMILES string of the molecule is S=C1OC[C@H]([C@H]2OC(=S)O[C@@H]2COCc2ccccc2)O1. The van der Waals surface area contributed by atoms with Crippen LogP contribution in [0.2, 0.25) is 0 Å². The van der Waals surface area contributed by atoms with Crippen LogP contribution in [0.3, 0.4) is 0 Å². The third-order valence-corrected chi connectivity index (χ3v) is 3.63. The number of ether oxygens (including phenoxy) is 5. The van der Waals surface area contributed by atoms with Crippen LogP contribution in [0.5, 0.6) is 0 Å². The first-order chi connectivity index (χ1) is 10.2. The molecular weight excluding hydrogens is 312 g/mol. The molecule has 3 rings (SSSR count). The highest BCUT2D eigenvalue weighted by Gasteiger charge is 2.44. The van der Waals surface area contributed by atoms with E-state index < -0.39 is 0 Å². The molecule has 0 radical (unpaired) electrons. The molecule has 21 heavy (non-hydrogen) atoms. The van der Waals surface area contributed by atoms with Crippen LogP contribution in [0.15, 0.2) is 30.3 Å². The van der Waals surface area contributed by atoms with Crippen LogP contribution in [0.4, 0.5) is 0 Å². The largest absolute Gasteiger partial charge is 0.453 e. The van der Waals surface area contributed by atoms with Gasteiger partial charge in [-0.3, -0.25) is 0 Å². The highest BCUT2D eigenvalue weighted by Crippen LogP contribution is 2.24. The van der Waals surface area contributed by atoms with Crippen molar-refractivity contribution in [2.45, 2.75) is 24.9 Å². The van der Waals surface area contributed by atoms with Gasteiger partial charge < -0.3 is 23.7 Å². The van der Waals surface area contributed by atoms with Crippen LogP contribution in [0.1, 0.15) is 5.56 Å². The maximum Gasteiger partial charge on any atom is 0.353 e. The summed E-state index contributed by atoms with van der Waals surface area (Å²) in [4.78, 5) is 0. The molecule has 0 saturated carbocycles. The molecule has 0 spiro atoms. The summed E-state index contributed by atoms with van der Waals surface area (Å²) in [6.45, 7) is 1.19. The first kappa shape index (κ1) is 14.5. The molecule has 2 aliphatic rings. The minimum absolute atomic E-state index is 0.106. The Hall–Kier alpha value is -1.44. The Morgan fingerprint density at radius 3 is 2.57 bits per heavy atom. The van der Waals surface area contributed by atoms with Gasteiger partial charge in [-0.25, -0.2) is 0 Å². The molecule has 2 fully saturated rings. The van der Waals surface area contributed by atoms with Crippen molar-refractivity contribution in [2.75, 3.05) is 13.2 Å². The number of hydrogen-bond acceptors (Lipinski definition) is 7. The van der Waals surface area contributed by atoms with Gasteiger partial charge in [-0.15, -0.1) is 0 Å². The van der Waals surface area contributed by atoms with Gasteiger partial charge in [-0.1, -0.05) is 30.3 Å². The number of benzene rings is 1. The molecule has 1 aromatic carbocycles. The van der Waals surface area contributed by atoms with Crippen LogP contribution in [0, 0.1) is 0 Å². The molecule has 0 aromatic heterocycles. The molecule has 112 valence electrons. The third-order valence-electron chi connectivity index (χ3n) is 3.22. The van der Waals surface area contributed by atoms with Gasteiger partial charge in [0.25, 0.3) is 0 Å². The van der Waals surface area contributed by atoms with Crippen molar-refractivity contribution in [2.24, 2.45) is 0 Å². The molecule has 0 N–H and O–H groups in total. The lowest BCUT2D eigenvalue weighted by Gasteiger charge is -2.19. The smallest absolute Gasteiger partial charge is 0.353 e. The van der Waals surface area contributed by atoms with E-state index in [0.29, 0.717) is 19.8 Å². The Bertz CT molecular complexity index is 521. The first-order valence-corrected chi connectivity index (χ1v) is 7.36. The van der Waals surface area contributed by atoms with Gasteiger partial charge in [0.15, 0.2) is 18.3 Å². The molecule has 1 aromatic rings. The average Bonchev–Trinajstić information content (AvgIpc) is 3.06. The second kappa shape index (κ2) is 6.55. The van der Waals surface area contributed by atoms with Crippen molar-refractivity contribution in [1.29, 1.82) is 0 Å². The lowest BCUT2D eigenvalue weighted by molar-refractivity contribution is -0.00969. The highest BCUT2D eigenvalue weighted by atomic mass is 32.1. The van der Waals surface area contributed by atoms with Crippen molar-refractivity contribution in [3.05, 3.63) is 35.9 Å². The zero-order valence-corrected chi connectivity index (χ0v) is 12.7. The quantitative estimate of drug-likeness (QED) is 0.767. The van der Waals surface area contributed by atoms with Gasteiger partial charge in [0.05, 0.1) is 13.2 Å². The van der Waals surface area contributed by atoms with Crippen LogP contribution in [0.25, 0.3) is 0 Å². The fraction of sp³-hybridized carbons (Fsp3) is 0.429. The minimum atomic E-state index is -0.367. The summed E-state index contributed by atoms with van der Waals surface area (Å²) in [6.07, 6.45) is -1.01. The summed E-state index contributed by atoms with van der Waals surface area (Å²) < 4.78 is 27.1. The lowest BCUT2D eigenvalue weighted by Crippen LogP contribution is -2.39. The Labute approximate surface area is 133 Å². The molecule has 3 atom stereocenters. The zero-order valence-electron chi connectivity index (χ0n) is 11.1. The molecule has 0 amide bonds. The maximum absolute atomic E-state index is 5.67. The Morgan fingerprint density at radius 1 is 1.05 bits per heavy atom. The second-order valence-electron chi connectivity index (χ2n) is 4.71. The topological polar surface area (TPSA) is 46.2 Å². The molecule has 2 aliphatic heterocycles. The standard InChI is InChI=1S/C14H14O5S2/c20-13-16-8-11(17-13)12-10(18-14(21)19-12)7-15-6-9-4-2-1-3-5-9/h1-5,10-12H,6-8H2/t10-,11-,12+/m1/s1. The molecule has 0 aliphatic carbocycles. The van der Waals surface area contributed by atoms with Crippen LogP contribution in [-0.4, -0.2) is 42.0 Å². The first-order valence-electron chi connectivity index (χ1n) is 6.55. The van der Waals surface area contributed by atoms with Gasteiger partial charge in [0, 0.05) is 24.4 Å². The summed E-state index contributed by atoms with van der Waals surface area (Å²) >= 11 is 9.80. The fourth-order valence-corrected chi connectivity index (χ4v) is 2.65. The summed E-state index contributed by atoms with van der Waals surface area (Å²) in [5, 5.41) is 0.236. The Kier molecular flexibility index (Phi) is 4.52. The lowest BCUT2D eigenvalue weighted by atomic mass is 10.1. The third kappa shape index (κ3) is 3.61. The van der Waals surface area contributed by atoms with E-state index in [1.54, 1.807) is 0 Å². The predicted molar refractivity (Wildman–Crippen MR) is 81.9 cm³/mol. The van der Waals surface area contributed by atoms with Gasteiger partial charge in [-0.2, -0.15) is 0 Å². The van der Waals surface area contributed by atoms with Crippen LogP contribution < -0.4 is 0 Å². The molecular formula is C14H14O5S2. The van der Waals surface area contributed by atoms with Crippen molar-refractivity contribution < 1.29 is 23.7 Å². The van der Waals surface area contributed by atoms with E-state index >= 15 is 0 Å². The van der Waals surface area contributed by atoms with Crippen molar-refractivity contribution in [1.82, 2.24) is 0 Å². The molecule has 2 saturated heterocycles. The van der Waals surface area contributed by atoms with E-state index in [4.69, 9.17) is 48.1 Å². The highest BCUT2D eigenvalue weighted by molar-refractivity contribution is 7.80. The summed E-state index contributed by atoms with van der Waals surface area (Å²) in [6, 6.07) is 9.90. The molecule has 0 bridgehead atoms. The summed E-state index contributed by atoms with van der Waals surface area (Å²) in [5.74, 6) is 0. The zero-order chi connectivity index (χ0) is 14.7.